The van der Waals surface area contributed by atoms with E-state index in [0.717, 1.165) is 30.4 Å². The fourth-order valence-electron chi connectivity index (χ4n) is 4.26. The Morgan fingerprint density at radius 1 is 1.22 bits per heavy atom. The first kappa shape index (κ1) is 11.9. The zero-order valence-electron chi connectivity index (χ0n) is 11.3. The van der Waals surface area contributed by atoms with Crippen LogP contribution < -0.4 is 0 Å². The number of hydrogen-bond donors (Lipinski definition) is 0. The van der Waals surface area contributed by atoms with E-state index < -0.39 is 5.41 Å². The normalized spacial score (nSPS) is 43.6. The summed E-state index contributed by atoms with van der Waals surface area (Å²) in [6.45, 7) is 6.09. The van der Waals surface area contributed by atoms with E-state index in [1.165, 1.54) is 0 Å². The third-order valence-corrected chi connectivity index (χ3v) is 5.48. The molecule has 2 fully saturated rings. The number of fused-ring (bicyclic) bond motifs is 3. The maximum absolute atomic E-state index is 12.4. The minimum atomic E-state index is -0.474. The summed E-state index contributed by atoms with van der Waals surface area (Å²) in [6.07, 6.45) is 3.29. The molecule has 2 aliphatic carbocycles. The fraction of sp³-hybridized carbons (Fsp3) is 0.733. The third kappa shape index (κ3) is 1.30. The van der Waals surface area contributed by atoms with Crippen molar-refractivity contribution < 1.29 is 14.3 Å². The maximum atomic E-state index is 12.4. The second-order valence-electron chi connectivity index (χ2n) is 6.30. The highest BCUT2D eigenvalue weighted by Gasteiger charge is 2.58. The highest BCUT2D eigenvalue weighted by molar-refractivity contribution is 5.95. The van der Waals surface area contributed by atoms with E-state index in [0.29, 0.717) is 18.3 Å². The summed E-state index contributed by atoms with van der Waals surface area (Å²) >= 11 is 0. The van der Waals surface area contributed by atoms with Gasteiger partial charge in [0.15, 0.2) is 0 Å². The Morgan fingerprint density at radius 2 is 1.94 bits per heavy atom. The lowest BCUT2D eigenvalue weighted by atomic mass is 9.69. The summed E-state index contributed by atoms with van der Waals surface area (Å²) in [5, 5.41) is 0. The van der Waals surface area contributed by atoms with Crippen molar-refractivity contribution in [3.8, 4) is 0 Å². The number of esters is 1. The zero-order chi connectivity index (χ0) is 13.1. The number of carbonyl (C=O) groups excluding carboxylic acids is 2. The van der Waals surface area contributed by atoms with Gasteiger partial charge in [0.1, 0.15) is 11.9 Å². The Bertz CT molecular complexity index is 462. The van der Waals surface area contributed by atoms with Crippen LogP contribution in [0.1, 0.15) is 46.5 Å². The summed E-state index contributed by atoms with van der Waals surface area (Å²) in [4.78, 5) is 24.2. The lowest BCUT2D eigenvalue weighted by Crippen LogP contribution is -2.43. The van der Waals surface area contributed by atoms with Crippen molar-refractivity contribution in [1.29, 1.82) is 0 Å². The Balaban J connectivity index is 2.12. The Kier molecular flexibility index (Phi) is 2.45. The van der Waals surface area contributed by atoms with Crippen molar-refractivity contribution in [3.63, 3.8) is 0 Å². The van der Waals surface area contributed by atoms with Crippen LogP contribution >= 0.6 is 0 Å². The summed E-state index contributed by atoms with van der Waals surface area (Å²) in [6, 6.07) is 0. The molecule has 0 radical (unpaired) electrons. The van der Waals surface area contributed by atoms with Gasteiger partial charge < -0.3 is 4.74 Å². The largest absolute Gasteiger partial charge is 0.453 e. The van der Waals surface area contributed by atoms with E-state index in [9.17, 15) is 9.59 Å². The average molecular weight is 248 g/mol. The summed E-state index contributed by atoms with van der Waals surface area (Å²) in [5.41, 5.74) is 1.36. The quantitative estimate of drug-likeness (QED) is 0.619. The summed E-state index contributed by atoms with van der Waals surface area (Å²) < 4.78 is 5.56. The molecule has 3 nitrogen and oxygen atoms in total. The van der Waals surface area contributed by atoms with Crippen molar-refractivity contribution in [3.05, 3.63) is 11.1 Å². The van der Waals surface area contributed by atoms with E-state index in [2.05, 4.69) is 6.92 Å². The van der Waals surface area contributed by atoms with Crippen LogP contribution in [0, 0.1) is 17.3 Å². The zero-order valence-corrected chi connectivity index (χ0v) is 11.3. The van der Waals surface area contributed by atoms with Crippen molar-refractivity contribution in [2.75, 3.05) is 0 Å². The molecule has 3 rings (SSSR count). The second-order valence-corrected chi connectivity index (χ2v) is 6.30. The number of ketones is 1. The molecule has 2 saturated carbocycles. The molecular formula is C15H20O3. The van der Waals surface area contributed by atoms with Gasteiger partial charge in [0.25, 0.3) is 0 Å². The molecule has 3 heteroatoms. The molecule has 4 unspecified atom stereocenters. The van der Waals surface area contributed by atoms with Crippen LogP contribution in [0.5, 0.6) is 0 Å². The smallest absolute Gasteiger partial charge is 0.334 e. The topological polar surface area (TPSA) is 43.4 Å². The predicted octanol–water partition coefficient (Wildman–Crippen LogP) is 2.64. The van der Waals surface area contributed by atoms with E-state index in [4.69, 9.17) is 4.74 Å². The van der Waals surface area contributed by atoms with Crippen LogP contribution in [-0.4, -0.2) is 17.9 Å². The number of carbonyl (C=O) groups is 2. The van der Waals surface area contributed by atoms with Crippen LogP contribution in [0.4, 0.5) is 0 Å². The first-order valence-electron chi connectivity index (χ1n) is 6.90. The molecule has 3 aliphatic rings. The molecule has 0 saturated heterocycles. The number of hydrogen-bond acceptors (Lipinski definition) is 3. The van der Waals surface area contributed by atoms with Crippen LogP contribution in [0.15, 0.2) is 11.1 Å². The second kappa shape index (κ2) is 3.69. The molecule has 0 spiro atoms. The van der Waals surface area contributed by atoms with Crippen LogP contribution in [0.3, 0.4) is 0 Å². The predicted molar refractivity (Wildman–Crippen MR) is 66.8 cm³/mol. The molecule has 0 aromatic rings. The van der Waals surface area contributed by atoms with Gasteiger partial charge in [0, 0.05) is 12.0 Å². The molecule has 18 heavy (non-hydrogen) atoms. The molecule has 0 N–H and O–H groups in total. The van der Waals surface area contributed by atoms with Crippen molar-refractivity contribution in [2.45, 2.75) is 52.6 Å². The van der Waals surface area contributed by atoms with Crippen molar-refractivity contribution in [1.82, 2.24) is 0 Å². The molecule has 0 bridgehead atoms. The van der Waals surface area contributed by atoms with Gasteiger partial charge in [-0.1, -0.05) is 6.92 Å². The van der Waals surface area contributed by atoms with Gasteiger partial charge in [-0.05, 0) is 50.5 Å². The lowest BCUT2D eigenvalue weighted by Gasteiger charge is -2.36. The van der Waals surface area contributed by atoms with Crippen LogP contribution in [0.2, 0.25) is 0 Å². The Morgan fingerprint density at radius 3 is 2.67 bits per heavy atom. The van der Waals surface area contributed by atoms with Gasteiger partial charge in [0.2, 0.25) is 0 Å². The summed E-state index contributed by atoms with van der Waals surface area (Å²) in [7, 11) is 0. The lowest BCUT2D eigenvalue weighted by molar-refractivity contribution is -0.150. The SMILES string of the molecule is CC1=C2CCC(C)C3CCC(=O)C3(C)C2OC1=O. The Labute approximate surface area is 108 Å². The van der Waals surface area contributed by atoms with Gasteiger partial charge in [-0.2, -0.15) is 0 Å². The van der Waals surface area contributed by atoms with Gasteiger partial charge in [-0.15, -0.1) is 0 Å². The molecule has 1 heterocycles. The number of ether oxygens (including phenoxy) is 1. The molecule has 98 valence electrons. The van der Waals surface area contributed by atoms with E-state index in [1.807, 2.05) is 13.8 Å². The molecule has 4 atom stereocenters. The standard InChI is InChI=1S/C15H20O3/c1-8-4-5-10-9(2)14(17)18-13(10)15(3)11(8)6-7-12(15)16/h8,11,13H,4-7H2,1-3H3. The third-order valence-electron chi connectivity index (χ3n) is 5.48. The van der Waals surface area contributed by atoms with E-state index >= 15 is 0 Å². The first-order valence-corrected chi connectivity index (χ1v) is 6.90. The van der Waals surface area contributed by atoms with Gasteiger partial charge in [-0.25, -0.2) is 4.79 Å². The van der Waals surface area contributed by atoms with Crippen molar-refractivity contribution >= 4 is 11.8 Å². The maximum Gasteiger partial charge on any atom is 0.334 e. The van der Waals surface area contributed by atoms with Gasteiger partial charge >= 0.3 is 5.97 Å². The minimum absolute atomic E-state index is 0.218. The molecule has 1 aliphatic heterocycles. The minimum Gasteiger partial charge on any atom is -0.453 e. The average Bonchev–Trinajstić information content (AvgIpc) is 2.75. The van der Waals surface area contributed by atoms with E-state index in [1.54, 1.807) is 0 Å². The highest BCUT2D eigenvalue weighted by Crippen LogP contribution is 2.55. The molecule has 0 amide bonds. The number of rotatable bonds is 0. The van der Waals surface area contributed by atoms with Crippen molar-refractivity contribution in [2.24, 2.45) is 17.3 Å². The van der Waals surface area contributed by atoms with Gasteiger partial charge in [-0.3, -0.25) is 4.79 Å². The molecular weight excluding hydrogens is 228 g/mol. The Hall–Kier alpha value is -1.12. The summed E-state index contributed by atoms with van der Waals surface area (Å²) in [5.74, 6) is 0.965. The van der Waals surface area contributed by atoms with Crippen LogP contribution in [0.25, 0.3) is 0 Å². The fourth-order valence-corrected chi connectivity index (χ4v) is 4.26. The van der Waals surface area contributed by atoms with Gasteiger partial charge in [0.05, 0.1) is 5.41 Å². The molecule has 0 aromatic heterocycles. The monoisotopic (exact) mass is 248 g/mol. The first-order chi connectivity index (χ1) is 8.46. The molecule has 0 aromatic carbocycles. The highest BCUT2D eigenvalue weighted by atomic mass is 16.5. The van der Waals surface area contributed by atoms with Crippen LogP contribution in [-0.2, 0) is 14.3 Å². The number of Topliss-reactive ketones (excluding diaryl/α,β-unsaturated/α-hetero) is 1. The van der Waals surface area contributed by atoms with E-state index in [-0.39, 0.29) is 17.9 Å².